The summed E-state index contributed by atoms with van der Waals surface area (Å²) in [4.78, 5) is 17.7. The fourth-order valence-electron chi connectivity index (χ4n) is 3.01. The van der Waals surface area contributed by atoms with Crippen LogP contribution < -0.4 is 5.32 Å². The van der Waals surface area contributed by atoms with E-state index in [1.165, 1.54) is 10.3 Å². The van der Waals surface area contributed by atoms with Gasteiger partial charge in [-0.3, -0.25) is 4.98 Å². The minimum Gasteiger partial charge on any atom is -0.340 e. The van der Waals surface area contributed by atoms with E-state index in [0.717, 1.165) is 39.2 Å². The zero-order valence-corrected chi connectivity index (χ0v) is 15.4. The monoisotopic (exact) mass is 369 g/mol. The molecule has 3 aromatic heterocycles. The molecule has 2 aromatic carbocycles. The van der Waals surface area contributed by atoms with Crippen LogP contribution in [-0.4, -0.2) is 19.9 Å². The van der Waals surface area contributed by atoms with Crippen LogP contribution in [0.3, 0.4) is 0 Å². The molecule has 0 radical (unpaired) electrons. The molecule has 0 aliphatic heterocycles. The highest BCUT2D eigenvalue weighted by molar-refractivity contribution is 7.16. The average Bonchev–Trinajstić information content (AvgIpc) is 3.16. The van der Waals surface area contributed by atoms with Gasteiger partial charge in [-0.2, -0.15) is 0 Å². The molecule has 1 N–H and O–H groups in total. The topological polar surface area (TPSA) is 63.6 Å². The standard InChI is InChI=1S/C21H15N5S/c1-13-2-4-14(5-3-13)17-9-16-19(10-22-17)23-11-24-21(16)26-15-6-7-20-18(8-15)25-12-27-20/h2-12H,1H3,(H,23,24,26). The molecule has 5 aromatic rings. The van der Waals surface area contributed by atoms with Crippen molar-refractivity contribution < 1.29 is 0 Å². The number of aromatic nitrogens is 4. The Morgan fingerprint density at radius 1 is 0.852 bits per heavy atom. The van der Waals surface area contributed by atoms with E-state index in [9.17, 15) is 0 Å². The zero-order valence-electron chi connectivity index (χ0n) is 14.5. The second-order valence-corrected chi connectivity index (χ2v) is 7.22. The van der Waals surface area contributed by atoms with Crippen LogP contribution in [0.5, 0.6) is 0 Å². The summed E-state index contributed by atoms with van der Waals surface area (Å²) in [5, 5.41) is 4.33. The summed E-state index contributed by atoms with van der Waals surface area (Å²) < 4.78 is 1.17. The number of fused-ring (bicyclic) bond motifs is 2. The number of pyridine rings is 1. The Hall–Kier alpha value is -3.38. The zero-order chi connectivity index (χ0) is 18.2. The number of anilines is 2. The fourth-order valence-corrected chi connectivity index (χ4v) is 3.67. The number of benzene rings is 2. The summed E-state index contributed by atoms with van der Waals surface area (Å²) in [6, 6.07) is 16.5. The van der Waals surface area contributed by atoms with E-state index in [0.29, 0.717) is 0 Å². The molecule has 0 aliphatic carbocycles. The first kappa shape index (κ1) is 15.8. The van der Waals surface area contributed by atoms with Crippen LogP contribution >= 0.6 is 11.3 Å². The maximum absolute atomic E-state index is 4.56. The van der Waals surface area contributed by atoms with Crippen molar-refractivity contribution in [3.63, 3.8) is 0 Å². The third kappa shape index (κ3) is 3.00. The number of thiazole rings is 1. The summed E-state index contributed by atoms with van der Waals surface area (Å²) in [6.07, 6.45) is 3.35. The molecule has 0 atom stereocenters. The minimum absolute atomic E-state index is 0.755. The van der Waals surface area contributed by atoms with Crippen LogP contribution in [0.4, 0.5) is 11.5 Å². The molecule has 5 rings (SSSR count). The first-order valence-electron chi connectivity index (χ1n) is 8.54. The molecule has 0 aliphatic rings. The van der Waals surface area contributed by atoms with Crippen molar-refractivity contribution in [3.05, 3.63) is 72.1 Å². The van der Waals surface area contributed by atoms with E-state index in [1.807, 2.05) is 23.7 Å². The van der Waals surface area contributed by atoms with Crippen LogP contribution in [0.15, 0.2) is 66.6 Å². The summed E-state index contributed by atoms with van der Waals surface area (Å²) in [7, 11) is 0. The van der Waals surface area contributed by atoms with Gasteiger partial charge >= 0.3 is 0 Å². The third-order valence-corrected chi connectivity index (χ3v) is 5.27. The van der Waals surface area contributed by atoms with Gasteiger partial charge in [0.25, 0.3) is 0 Å². The van der Waals surface area contributed by atoms with Gasteiger partial charge in [0, 0.05) is 16.6 Å². The maximum atomic E-state index is 4.56. The van der Waals surface area contributed by atoms with Crippen molar-refractivity contribution in [3.8, 4) is 11.3 Å². The normalized spacial score (nSPS) is 11.1. The van der Waals surface area contributed by atoms with Crippen molar-refractivity contribution >= 4 is 44.0 Å². The van der Waals surface area contributed by atoms with Gasteiger partial charge in [-0.25, -0.2) is 15.0 Å². The summed E-state index contributed by atoms with van der Waals surface area (Å²) in [5.41, 5.74) is 7.78. The van der Waals surface area contributed by atoms with Crippen LogP contribution in [-0.2, 0) is 0 Å². The highest BCUT2D eigenvalue weighted by Crippen LogP contribution is 2.28. The van der Waals surface area contributed by atoms with Crippen LogP contribution in [0.1, 0.15) is 5.56 Å². The van der Waals surface area contributed by atoms with E-state index in [-0.39, 0.29) is 0 Å². The molecule has 0 fully saturated rings. The van der Waals surface area contributed by atoms with E-state index < -0.39 is 0 Å². The molecule has 130 valence electrons. The molecule has 0 saturated heterocycles. The predicted octanol–water partition coefficient (Wildman–Crippen LogP) is 5.35. The molecule has 0 unspecified atom stereocenters. The second kappa shape index (κ2) is 6.41. The van der Waals surface area contributed by atoms with Gasteiger partial charge in [-0.1, -0.05) is 29.8 Å². The largest absolute Gasteiger partial charge is 0.340 e. The molecule has 0 amide bonds. The molecule has 27 heavy (non-hydrogen) atoms. The van der Waals surface area contributed by atoms with Gasteiger partial charge in [0.2, 0.25) is 0 Å². The van der Waals surface area contributed by atoms with Crippen molar-refractivity contribution in [1.29, 1.82) is 0 Å². The molecule has 0 saturated carbocycles. The quantitative estimate of drug-likeness (QED) is 0.464. The first-order chi connectivity index (χ1) is 13.3. The third-order valence-electron chi connectivity index (χ3n) is 4.46. The Bertz CT molecular complexity index is 1260. The lowest BCUT2D eigenvalue weighted by atomic mass is 10.1. The summed E-state index contributed by atoms with van der Waals surface area (Å²) in [6.45, 7) is 2.08. The highest BCUT2D eigenvalue weighted by Gasteiger charge is 2.08. The lowest BCUT2D eigenvalue weighted by molar-refractivity contribution is 1.20. The van der Waals surface area contributed by atoms with E-state index in [1.54, 1.807) is 23.9 Å². The first-order valence-corrected chi connectivity index (χ1v) is 9.42. The van der Waals surface area contributed by atoms with Gasteiger partial charge < -0.3 is 5.32 Å². The average molecular weight is 369 g/mol. The van der Waals surface area contributed by atoms with Gasteiger partial charge in [-0.15, -0.1) is 11.3 Å². The summed E-state index contributed by atoms with van der Waals surface area (Å²) in [5.74, 6) is 0.755. The Labute approximate surface area is 159 Å². The van der Waals surface area contributed by atoms with Gasteiger partial charge in [0.1, 0.15) is 12.1 Å². The molecule has 5 nitrogen and oxygen atoms in total. The molecule has 3 heterocycles. The van der Waals surface area contributed by atoms with Gasteiger partial charge in [-0.05, 0) is 31.2 Å². The lowest BCUT2D eigenvalue weighted by Crippen LogP contribution is -1.97. The molecule has 0 bridgehead atoms. The van der Waals surface area contributed by atoms with Crippen LogP contribution in [0, 0.1) is 6.92 Å². The summed E-state index contributed by atoms with van der Waals surface area (Å²) >= 11 is 1.63. The fraction of sp³-hybridized carbons (Fsp3) is 0.0476. The second-order valence-electron chi connectivity index (χ2n) is 6.33. The Morgan fingerprint density at radius 3 is 2.63 bits per heavy atom. The van der Waals surface area contributed by atoms with Crippen LogP contribution in [0.25, 0.3) is 32.4 Å². The minimum atomic E-state index is 0.755. The number of hydrogen-bond donors (Lipinski definition) is 1. The predicted molar refractivity (Wildman–Crippen MR) is 110 cm³/mol. The number of nitrogens with zero attached hydrogens (tertiary/aromatic N) is 4. The Kier molecular flexibility index (Phi) is 3.76. The van der Waals surface area contributed by atoms with Gasteiger partial charge in [0.15, 0.2) is 0 Å². The van der Waals surface area contributed by atoms with Crippen LogP contribution in [0.2, 0.25) is 0 Å². The number of aryl methyl sites for hydroxylation is 1. The number of hydrogen-bond acceptors (Lipinski definition) is 6. The van der Waals surface area contributed by atoms with E-state index in [2.05, 4.69) is 62.5 Å². The SMILES string of the molecule is Cc1ccc(-c2cc3c(Nc4ccc5scnc5c4)ncnc3cn2)cc1. The lowest BCUT2D eigenvalue weighted by Gasteiger charge is -2.09. The van der Waals surface area contributed by atoms with Crippen molar-refractivity contribution in [1.82, 2.24) is 19.9 Å². The van der Waals surface area contributed by atoms with E-state index >= 15 is 0 Å². The van der Waals surface area contributed by atoms with Crippen molar-refractivity contribution in [2.45, 2.75) is 6.92 Å². The molecule has 0 spiro atoms. The van der Waals surface area contributed by atoms with E-state index in [4.69, 9.17) is 0 Å². The Morgan fingerprint density at radius 2 is 1.74 bits per heavy atom. The Balaban J connectivity index is 1.58. The van der Waals surface area contributed by atoms with Gasteiger partial charge in [0.05, 0.1) is 33.1 Å². The number of rotatable bonds is 3. The highest BCUT2D eigenvalue weighted by atomic mass is 32.1. The van der Waals surface area contributed by atoms with Crippen molar-refractivity contribution in [2.75, 3.05) is 5.32 Å². The van der Waals surface area contributed by atoms with Crippen molar-refractivity contribution in [2.24, 2.45) is 0 Å². The molecule has 6 heteroatoms. The number of nitrogens with one attached hydrogen (secondary N) is 1. The maximum Gasteiger partial charge on any atom is 0.141 e. The molecular weight excluding hydrogens is 354 g/mol. The smallest absolute Gasteiger partial charge is 0.141 e. The molecular formula is C21H15N5S.